The van der Waals surface area contributed by atoms with Crippen LogP contribution in [-0.4, -0.2) is 19.3 Å². The van der Waals surface area contributed by atoms with Crippen molar-refractivity contribution in [1.29, 1.82) is 0 Å². The van der Waals surface area contributed by atoms with Crippen molar-refractivity contribution in [3.05, 3.63) is 60.7 Å². The standard InChI is InChI=1S/C15H15NO4/c17-15(20-14-9-5-2-6-10-14)16-19-12-11-18-13-7-3-1-4-8-13/h1-10H,11-12H2,(H,16,17). The predicted molar refractivity (Wildman–Crippen MR) is 73.5 cm³/mol. The van der Waals surface area contributed by atoms with Crippen LogP contribution in [0.15, 0.2) is 60.7 Å². The third kappa shape index (κ3) is 4.99. The van der Waals surface area contributed by atoms with Crippen molar-refractivity contribution in [1.82, 2.24) is 5.48 Å². The molecule has 1 N–H and O–H groups in total. The van der Waals surface area contributed by atoms with E-state index in [-0.39, 0.29) is 6.61 Å². The number of benzene rings is 2. The van der Waals surface area contributed by atoms with E-state index in [0.29, 0.717) is 12.4 Å². The molecule has 5 nitrogen and oxygen atoms in total. The Morgan fingerprint density at radius 3 is 2.10 bits per heavy atom. The molecule has 0 bridgehead atoms. The zero-order valence-electron chi connectivity index (χ0n) is 10.8. The first-order valence-corrected chi connectivity index (χ1v) is 6.17. The smallest absolute Gasteiger partial charge is 0.436 e. The molecule has 0 saturated carbocycles. The van der Waals surface area contributed by atoms with E-state index in [1.807, 2.05) is 36.4 Å². The highest BCUT2D eigenvalue weighted by Crippen LogP contribution is 2.08. The minimum absolute atomic E-state index is 0.221. The fraction of sp³-hybridized carbons (Fsp3) is 0.133. The number of amides is 1. The molecule has 0 radical (unpaired) electrons. The Bertz CT molecular complexity index is 516. The average Bonchev–Trinajstić information content (AvgIpc) is 2.49. The van der Waals surface area contributed by atoms with Crippen LogP contribution in [0.5, 0.6) is 11.5 Å². The second-order valence-electron chi connectivity index (χ2n) is 3.81. The third-order valence-electron chi connectivity index (χ3n) is 2.31. The topological polar surface area (TPSA) is 56.8 Å². The maximum Gasteiger partial charge on any atom is 0.436 e. The summed E-state index contributed by atoms with van der Waals surface area (Å²) in [5.41, 5.74) is 2.18. The van der Waals surface area contributed by atoms with Gasteiger partial charge >= 0.3 is 6.09 Å². The lowest BCUT2D eigenvalue weighted by atomic mass is 10.3. The molecule has 0 aliphatic carbocycles. The van der Waals surface area contributed by atoms with Gasteiger partial charge in [-0.25, -0.2) is 4.79 Å². The van der Waals surface area contributed by atoms with Crippen LogP contribution < -0.4 is 15.0 Å². The Morgan fingerprint density at radius 2 is 1.45 bits per heavy atom. The molecule has 0 saturated heterocycles. The molecular weight excluding hydrogens is 258 g/mol. The highest BCUT2D eigenvalue weighted by atomic mass is 16.7. The molecule has 2 rings (SSSR count). The van der Waals surface area contributed by atoms with Gasteiger partial charge in [0.2, 0.25) is 0 Å². The van der Waals surface area contributed by atoms with Crippen molar-refractivity contribution in [2.75, 3.05) is 13.2 Å². The van der Waals surface area contributed by atoms with Crippen molar-refractivity contribution in [2.24, 2.45) is 0 Å². The number of nitrogens with one attached hydrogen (secondary N) is 1. The summed E-state index contributed by atoms with van der Waals surface area (Å²) in [6.45, 7) is 0.550. The molecule has 0 fully saturated rings. The molecular formula is C15H15NO4. The van der Waals surface area contributed by atoms with E-state index in [2.05, 4.69) is 5.48 Å². The summed E-state index contributed by atoms with van der Waals surface area (Å²) in [7, 11) is 0. The molecule has 104 valence electrons. The van der Waals surface area contributed by atoms with E-state index in [0.717, 1.165) is 5.75 Å². The minimum atomic E-state index is -0.670. The lowest BCUT2D eigenvalue weighted by molar-refractivity contribution is 0.0289. The molecule has 0 unspecified atom stereocenters. The second kappa shape index (κ2) is 7.81. The number of ether oxygens (including phenoxy) is 2. The summed E-state index contributed by atoms with van der Waals surface area (Å²) in [5, 5.41) is 0. The predicted octanol–water partition coefficient (Wildman–Crippen LogP) is 2.79. The number of carbonyl (C=O) groups excluding carboxylic acids is 1. The average molecular weight is 273 g/mol. The number of para-hydroxylation sites is 2. The van der Waals surface area contributed by atoms with Crippen LogP contribution >= 0.6 is 0 Å². The van der Waals surface area contributed by atoms with Crippen molar-refractivity contribution in [2.45, 2.75) is 0 Å². The molecule has 0 atom stereocenters. The van der Waals surface area contributed by atoms with E-state index in [4.69, 9.17) is 14.3 Å². The van der Waals surface area contributed by atoms with Gasteiger partial charge in [0, 0.05) is 0 Å². The number of hydrogen-bond donors (Lipinski definition) is 1. The first kappa shape index (κ1) is 13.9. The third-order valence-corrected chi connectivity index (χ3v) is 2.31. The minimum Gasteiger partial charge on any atom is -0.491 e. The lowest BCUT2D eigenvalue weighted by Gasteiger charge is -2.08. The molecule has 0 spiro atoms. The van der Waals surface area contributed by atoms with Crippen LogP contribution in [0.4, 0.5) is 4.79 Å². The van der Waals surface area contributed by atoms with E-state index < -0.39 is 6.09 Å². The zero-order valence-corrected chi connectivity index (χ0v) is 10.8. The molecule has 2 aromatic carbocycles. The maximum atomic E-state index is 11.3. The Labute approximate surface area is 117 Å². The Hall–Kier alpha value is -2.53. The van der Waals surface area contributed by atoms with Gasteiger partial charge in [0.1, 0.15) is 24.7 Å². The molecule has 2 aromatic rings. The largest absolute Gasteiger partial charge is 0.491 e. The molecule has 1 amide bonds. The summed E-state index contributed by atoms with van der Waals surface area (Å²) in [6, 6.07) is 18.1. The van der Waals surface area contributed by atoms with Gasteiger partial charge < -0.3 is 9.47 Å². The van der Waals surface area contributed by atoms with Gasteiger partial charge in [-0.1, -0.05) is 36.4 Å². The summed E-state index contributed by atoms with van der Waals surface area (Å²) in [4.78, 5) is 16.3. The van der Waals surface area contributed by atoms with Crippen molar-refractivity contribution in [3.8, 4) is 11.5 Å². The molecule has 0 aromatic heterocycles. The molecule has 0 aliphatic heterocycles. The highest BCUT2D eigenvalue weighted by Gasteiger charge is 2.03. The number of rotatable bonds is 6. The van der Waals surface area contributed by atoms with Gasteiger partial charge in [0.15, 0.2) is 0 Å². The van der Waals surface area contributed by atoms with Crippen LogP contribution in [-0.2, 0) is 4.84 Å². The van der Waals surface area contributed by atoms with Crippen LogP contribution in [0.25, 0.3) is 0 Å². The first-order valence-electron chi connectivity index (χ1n) is 6.17. The van der Waals surface area contributed by atoms with E-state index in [9.17, 15) is 4.79 Å². The van der Waals surface area contributed by atoms with Crippen LogP contribution in [0.2, 0.25) is 0 Å². The van der Waals surface area contributed by atoms with Crippen molar-refractivity contribution in [3.63, 3.8) is 0 Å². The van der Waals surface area contributed by atoms with Crippen molar-refractivity contribution < 1.29 is 19.1 Å². The normalized spacial score (nSPS) is 9.80. The first-order chi connectivity index (χ1) is 9.84. The lowest BCUT2D eigenvalue weighted by Crippen LogP contribution is -2.28. The van der Waals surface area contributed by atoms with Crippen LogP contribution in [0, 0.1) is 0 Å². The Balaban J connectivity index is 1.58. The Morgan fingerprint density at radius 1 is 0.850 bits per heavy atom. The van der Waals surface area contributed by atoms with E-state index >= 15 is 0 Å². The SMILES string of the molecule is O=C(NOCCOc1ccccc1)Oc1ccccc1. The number of carbonyl (C=O) groups is 1. The van der Waals surface area contributed by atoms with Gasteiger partial charge in [-0.05, 0) is 24.3 Å². The van der Waals surface area contributed by atoms with Gasteiger partial charge in [0.05, 0.1) is 0 Å². The van der Waals surface area contributed by atoms with Crippen molar-refractivity contribution >= 4 is 6.09 Å². The molecule has 0 heterocycles. The van der Waals surface area contributed by atoms with Crippen LogP contribution in [0.3, 0.4) is 0 Å². The summed E-state index contributed by atoms with van der Waals surface area (Å²) < 4.78 is 10.4. The van der Waals surface area contributed by atoms with E-state index in [1.165, 1.54) is 0 Å². The van der Waals surface area contributed by atoms with Crippen LogP contribution in [0.1, 0.15) is 0 Å². The molecule has 20 heavy (non-hydrogen) atoms. The fourth-order valence-electron chi connectivity index (χ4n) is 1.44. The summed E-state index contributed by atoms with van der Waals surface area (Å²) in [5.74, 6) is 1.21. The maximum absolute atomic E-state index is 11.3. The van der Waals surface area contributed by atoms with Gasteiger partial charge in [-0.2, -0.15) is 5.48 Å². The fourth-order valence-corrected chi connectivity index (χ4v) is 1.44. The van der Waals surface area contributed by atoms with E-state index in [1.54, 1.807) is 24.3 Å². The monoisotopic (exact) mass is 273 g/mol. The molecule has 5 heteroatoms. The Kier molecular flexibility index (Phi) is 5.42. The zero-order chi connectivity index (χ0) is 14.0. The second-order valence-corrected chi connectivity index (χ2v) is 3.81. The summed E-state index contributed by atoms with van der Waals surface area (Å²) >= 11 is 0. The number of hydrogen-bond acceptors (Lipinski definition) is 4. The highest BCUT2D eigenvalue weighted by molar-refractivity contribution is 5.68. The molecule has 0 aliphatic rings. The summed E-state index contributed by atoms with van der Waals surface area (Å²) in [6.07, 6.45) is -0.670. The number of hydroxylamine groups is 1. The van der Waals surface area contributed by atoms with Gasteiger partial charge in [0.25, 0.3) is 0 Å². The van der Waals surface area contributed by atoms with Gasteiger partial charge in [-0.3, -0.25) is 4.84 Å². The quantitative estimate of drug-likeness (QED) is 0.649. The van der Waals surface area contributed by atoms with Gasteiger partial charge in [-0.15, -0.1) is 0 Å².